The van der Waals surface area contributed by atoms with Gasteiger partial charge in [0.05, 0.1) is 0 Å². The van der Waals surface area contributed by atoms with Gasteiger partial charge in [-0.1, -0.05) is 11.2 Å². The predicted molar refractivity (Wildman–Crippen MR) is 87.0 cm³/mol. The molecule has 3 aliphatic rings. The molecule has 124 valence electrons. The lowest BCUT2D eigenvalue weighted by atomic mass is 9.64. The van der Waals surface area contributed by atoms with Crippen molar-refractivity contribution in [2.75, 3.05) is 5.32 Å². The molecule has 6 nitrogen and oxygen atoms in total. The number of Topliss-reactive ketones (excluding diaryl/α,β-unsaturated/α-hetero) is 1. The maximum atomic E-state index is 12.6. The molecule has 0 unspecified atom stereocenters. The zero-order chi connectivity index (χ0) is 16.7. The molecule has 3 atom stereocenters. The number of hydrogen-bond acceptors (Lipinski definition) is 5. The molecular weight excluding hydrogens is 306 g/mol. The first-order chi connectivity index (χ1) is 11.6. The summed E-state index contributed by atoms with van der Waals surface area (Å²) in [5.74, 6) is 1.58. The lowest BCUT2D eigenvalue weighted by Gasteiger charge is -2.40. The molecule has 1 heterocycles. The molecule has 2 bridgehead atoms. The van der Waals surface area contributed by atoms with E-state index in [1.807, 2.05) is 24.3 Å². The Morgan fingerprint density at radius 2 is 2.21 bits per heavy atom. The van der Waals surface area contributed by atoms with Crippen LogP contribution in [-0.4, -0.2) is 21.8 Å². The van der Waals surface area contributed by atoms with Gasteiger partial charge in [-0.25, -0.2) is 0 Å². The molecule has 24 heavy (non-hydrogen) atoms. The molecule has 0 spiro atoms. The van der Waals surface area contributed by atoms with Gasteiger partial charge in [-0.05, 0) is 50.3 Å². The van der Waals surface area contributed by atoms with E-state index in [9.17, 15) is 9.59 Å². The lowest BCUT2D eigenvalue weighted by Crippen LogP contribution is -2.43. The largest absolute Gasteiger partial charge is 0.334 e. The van der Waals surface area contributed by atoms with Crippen LogP contribution in [0.3, 0.4) is 0 Å². The van der Waals surface area contributed by atoms with Crippen molar-refractivity contribution < 1.29 is 14.1 Å². The number of benzene rings is 1. The fourth-order valence-electron chi connectivity index (χ4n) is 3.90. The van der Waals surface area contributed by atoms with Crippen LogP contribution in [0.1, 0.15) is 31.5 Å². The smallest absolute Gasteiger partial charge is 0.257 e. The van der Waals surface area contributed by atoms with Crippen molar-refractivity contribution in [2.24, 2.45) is 17.8 Å². The summed E-state index contributed by atoms with van der Waals surface area (Å²) >= 11 is 0. The summed E-state index contributed by atoms with van der Waals surface area (Å²) in [6.07, 6.45) is 3.18. The van der Waals surface area contributed by atoms with Crippen molar-refractivity contribution in [3.8, 4) is 11.5 Å². The Balaban J connectivity index is 1.49. The summed E-state index contributed by atoms with van der Waals surface area (Å²) in [7, 11) is 0. The Hall–Kier alpha value is -2.50. The number of fused-ring (bicyclic) bond motifs is 3. The van der Waals surface area contributed by atoms with Crippen LogP contribution >= 0.6 is 0 Å². The average Bonchev–Trinajstić information content (AvgIpc) is 3.02. The zero-order valence-corrected chi connectivity index (χ0v) is 13.5. The maximum absolute atomic E-state index is 12.6. The van der Waals surface area contributed by atoms with Crippen molar-refractivity contribution >= 4 is 17.4 Å². The third kappa shape index (κ3) is 2.72. The first kappa shape index (κ1) is 15.1. The van der Waals surface area contributed by atoms with Gasteiger partial charge in [0, 0.05) is 29.5 Å². The van der Waals surface area contributed by atoms with E-state index in [1.54, 1.807) is 6.92 Å². The number of carbonyl (C=O) groups is 2. The van der Waals surface area contributed by atoms with Gasteiger partial charge in [-0.2, -0.15) is 4.98 Å². The molecule has 1 N–H and O–H groups in total. The molecule has 0 aliphatic heterocycles. The van der Waals surface area contributed by atoms with Crippen LogP contribution < -0.4 is 5.32 Å². The third-order valence-electron chi connectivity index (χ3n) is 5.15. The van der Waals surface area contributed by atoms with Gasteiger partial charge in [0.25, 0.3) is 5.89 Å². The van der Waals surface area contributed by atoms with Gasteiger partial charge >= 0.3 is 0 Å². The molecule has 0 saturated heterocycles. The highest BCUT2D eigenvalue weighted by molar-refractivity contribution is 5.95. The predicted octanol–water partition coefficient (Wildman–Crippen LogP) is 2.99. The molecule has 6 heteroatoms. The summed E-state index contributed by atoms with van der Waals surface area (Å²) < 4.78 is 5.17. The Morgan fingerprint density at radius 1 is 1.33 bits per heavy atom. The fraction of sp³-hybridized carbons (Fsp3) is 0.444. The van der Waals surface area contributed by atoms with E-state index < -0.39 is 0 Å². The number of hydrogen-bond donors (Lipinski definition) is 1. The number of nitrogens with one attached hydrogen (secondary N) is 1. The third-order valence-corrected chi connectivity index (χ3v) is 5.15. The minimum absolute atomic E-state index is 0.0102. The van der Waals surface area contributed by atoms with Crippen LogP contribution in [0.4, 0.5) is 5.69 Å². The molecule has 1 aromatic carbocycles. The molecule has 0 radical (unpaired) electrons. The van der Waals surface area contributed by atoms with E-state index in [2.05, 4.69) is 15.5 Å². The highest BCUT2D eigenvalue weighted by atomic mass is 16.5. The van der Waals surface area contributed by atoms with Crippen LogP contribution in [0, 0.1) is 24.7 Å². The zero-order valence-electron chi connectivity index (χ0n) is 13.5. The fourth-order valence-corrected chi connectivity index (χ4v) is 3.90. The molecule has 3 fully saturated rings. The first-order valence-electron chi connectivity index (χ1n) is 8.34. The van der Waals surface area contributed by atoms with Crippen molar-refractivity contribution in [1.82, 2.24) is 10.1 Å². The van der Waals surface area contributed by atoms with Crippen LogP contribution in [0.2, 0.25) is 0 Å². The second-order valence-electron chi connectivity index (χ2n) is 6.76. The number of ketones is 1. The second kappa shape index (κ2) is 5.85. The van der Waals surface area contributed by atoms with E-state index in [0.717, 1.165) is 18.4 Å². The minimum Gasteiger partial charge on any atom is -0.334 e. The van der Waals surface area contributed by atoms with Gasteiger partial charge in [0.1, 0.15) is 5.78 Å². The average molecular weight is 325 g/mol. The normalized spacial score (nSPS) is 25.7. The van der Waals surface area contributed by atoms with Crippen LogP contribution in [0.5, 0.6) is 0 Å². The van der Waals surface area contributed by atoms with Crippen molar-refractivity contribution in [3.63, 3.8) is 0 Å². The number of rotatable bonds is 3. The number of aromatic nitrogens is 2. The van der Waals surface area contributed by atoms with Gasteiger partial charge in [0.2, 0.25) is 5.91 Å². The monoisotopic (exact) mass is 325 g/mol. The molecule has 3 saturated carbocycles. The molecule has 1 amide bonds. The Kier molecular flexibility index (Phi) is 3.67. The quantitative estimate of drug-likeness (QED) is 0.937. The Morgan fingerprint density at radius 3 is 2.88 bits per heavy atom. The number of carbonyl (C=O) groups excluding carboxylic acids is 2. The molecule has 3 aliphatic carbocycles. The summed E-state index contributed by atoms with van der Waals surface area (Å²) in [5, 5.41) is 6.77. The number of aryl methyl sites for hydroxylation is 1. The van der Waals surface area contributed by atoms with Gasteiger partial charge in [-0.3, -0.25) is 9.59 Å². The maximum Gasteiger partial charge on any atom is 0.257 e. The van der Waals surface area contributed by atoms with E-state index in [-0.39, 0.29) is 23.7 Å². The molecule has 1 aromatic heterocycles. The Bertz CT molecular complexity index is 798. The van der Waals surface area contributed by atoms with Crippen molar-refractivity contribution in [2.45, 2.75) is 32.6 Å². The number of nitrogens with zero attached hydrogens (tertiary/aromatic N) is 2. The Labute approximate surface area is 139 Å². The van der Waals surface area contributed by atoms with Crippen molar-refractivity contribution in [3.05, 3.63) is 30.1 Å². The van der Waals surface area contributed by atoms with E-state index in [4.69, 9.17) is 4.52 Å². The molecular formula is C18H19N3O3. The number of anilines is 1. The SMILES string of the molecule is Cc1noc(-c2cccc(NC(=O)[C@@H]3C[C@H]4CC[C@@H]3CC4=O)c2)n1. The lowest BCUT2D eigenvalue weighted by molar-refractivity contribution is -0.136. The number of amides is 1. The first-order valence-corrected chi connectivity index (χ1v) is 8.34. The van der Waals surface area contributed by atoms with Gasteiger partial charge in [0.15, 0.2) is 5.82 Å². The van der Waals surface area contributed by atoms with Crippen LogP contribution in [-0.2, 0) is 9.59 Å². The van der Waals surface area contributed by atoms with Crippen LogP contribution in [0.25, 0.3) is 11.5 Å². The molecule has 5 rings (SSSR count). The topological polar surface area (TPSA) is 85.1 Å². The van der Waals surface area contributed by atoms with Crippen molar-refractivity contribution in [1.29, 1.82) is 0 Å². The highest BCUT2D eigenvalue weighted by Crippen LogP contribution is 2.43. The summed E-state index contributed by atoms with van der Waals surface area (Å²) in [6, 6.07) is 7.39. The van der Waals surface area contributed by atoms with Crippen LogP contribution in [0.15, 0.2) is 28.8 Å². The summed E-state index contributed by atoms with van der Waals surface area (Å²) in [6.45, 7) is 1.76. The summed E-state index contributed by atoms with van der Waals surface area (Å²) in [5.41, 5.74) is 1.48. The highest BCUT2D eigenvalue weighted by Gasteiger charge is 2.43. The van der Waals surface area contributed by atoms with Gasteiger partial charge < -0.3 is 9.84 Å². The van der Waals surface area contributed by atoms with Gasteiger partial charge in [-0.15, -0.1) is 0 Å². The van der Waals surface area contributed by atoms with E-state index >= 15 is 0 Å². The molecule has 2 aromatic rings. The van der Waals surface area contributed by atoms with E-state index in [1.165, 1.54) is 0 Å². The summed E-state index contributed by atoms with van der Waals surface area (Å²) in [4.78, 5) is 28.7. The minimum atomic E-state index is -0.0595. The standard InChI is InChI=1S/C18H19N3O3/c1-10-19-18(24-21-10)13-3-2-4-14(7-13)20-17(23)15-8-12-6-5-11(15)9-16(12)22/h2-4,7,11-12,15H,5-6,8-9H2,1H3,(H,20,23)/t11-,12-,15-/m1/s1. The van der Waals surface area contributed by atoms with E-state index in [0.29, 0.717) is 36.0 Å². The second-order valence-corrected chi connectivity index (χ2v) is 6.76.